The number of hydrogen-bond donors (Lipinski definition) is 2. The first-order valence-electron chi connectivity index (χ1n) is 8.91. The van der Waals surface area contributed by atoms with Gasteiger partial charge >= 0.3 is 0 Å². The second-order valence-electron chi connectivity index (χ2n) is 6.04. The van der Waals surface area contributed by atoms with Crippen molar-refractivity contribution in [2.75, 3.05) is 57.8 Å². The fourth-order valence-corrected chi connectivity index (χ4v) is 2.93. The van der Waals surface area contributed by atoms with E-state index in [-0.39, 0.29) is 24.0 Å². The Labute approximate surface area is 169 Å². The number of rotatable bonds is 8. The highest BCUT2D eigenvalue weighted by Gasteiger charge is 2.16. The van der Waals surface area contributed by atoms with Crippen molar-refractivity contribution in [2.45, 2.75) is 12.8 Å². The van der Waals surface area contributed by atoms with Gasteiger partial charge in [-0.3, -0.25) is 9.89 Å². The van der Waals surface area contributed by atoms with E-state index < -0.39 is 0 Å². The number of unbranched alkanes of at least 4 members (excludes halogenated alkanes) is 1. The van der Waals surface area contributed by atoms with Crippen molar-refractivity contribution in [3.05, 3.63) is 43.0 Å². The summed E-state index contributed by atoms with van der Waals surface area (Å²) in [6.07, 6.45) is 4.21. The van der Waals surface area contributed by atoms with E-state index in [1.54, 1.807) is 7.05 Å². The van der Waals surface area contributed by atoms with E-state index in [1.165, 1.54) is 18.7 Å². The van der Waals surface area contributed by atoms with E-state index in [2.05, 4.69) is 62.3 Å². The Bertz CT molecular complexity index is 498. The average molecular weight is 457 g/mol. The maximum absolute atomic E-state index is 4.18. The maximum Gasteiger partial charge on any atom is 0.191 e. The molecule has 1 fully saturated rings. The largest absolute Gasteiger partial charge is 0.369 e. The molecular weight excluding hydrogens is 425 g/mol. The van der Waals surface area contributed by atoms with Crippen LogP contribution < -0.4 is 15.5 Å². The smallest absolute Gasteiger partial charge is 0.191 e. The first-order valence-corrected chi connectivity index (χ1v) is 8.91. The summed E-state index contributed by atoms with van der Waals surface area (Å²) in [7, 11) is 1.80. The van der Waals surface area contributed by atoms with Gasteiger partial charge in [0.15, 0.2) is 5.96 Å². The maximum atomic E-state index is 4.18. The van der Waals surface area contributed by atoms with Crippen LogP contribution in [0.5, 0.6) is 0 Å². The molecule has 0 aliphatic carbocycles. The number of para-hydroxylation sites is 1. The van der Waals surface area contributed by atoms with Crippen LogP contribution in [-0.2, 0) is 0 Å². The number of aliphatic imine (C=N–C) groups is 1. The highest BCUT2D eigenvalue weighted by Crippen LogP contribution is 2.15. The summed E-state index contributed by atoms with van der Waals surface area (Å²) in [6.45, 7) is 11.1. The third kappa shape index (κ3) is 8.09. The summed E-state index contributed by atoms with van der Waals surface area (Å²) in [5.41, 5.74) is 1.35. The van der Waals surface area contributed by atoms with Crippen molar-refractivity contribution in [1.82, 2.24) is 15.5 Å². The second kappa shape index (κ2) is 13.0. The average Bonchev–Trinajstić information content (AvgIpc) is 2.65. The number of halogens is 1. The molecule has 0 amide bonds. The van der Waals surface area contributed by atoms with Crippen LogP contribution in [0.1, 0.15) is 12.8 Å². The van der Waals surface area contributed by atoms with Gasteiger partial charge in [0, 0.05) is 52.0 Å². The molecule has 1 aromatic carbocycles. The number of nitrogens with zero attached hydrogens (tertiary/aromatic N) is 3. The van der Waals surface area contributed by atoms with E-state index in [1.807, 2.05) is 6.08 Å². The zero-order chi connectivity index (χ0) is 17.0. The van der Waals surface area contributed by atoms with E-state index in [4.69, 9.17) is 0 Å². The summed E-state index contributed by atoms with van der Waals surface area (Å²) in [6, 6.07) is 10.7. The number of hydrogen-bond acceptors (Lipinski definition) is 3. The van der Waals surface area contributed by atoms with Crippen LogP contribution >= 0.6 is 24.0 Å². The van der Waals surface area contributed by atoms with Crippen LogP contribution in [0.15, 0.2) is 48.0 Å². The second-order valence-corrected chi connectivity index (χ2v) is 6.04. The van der Waals surface area contributed by atoms with Gasteiger partial charge in [-0.2, -0.15) is 0 Å². The number of piperazine rings is 1. The molecule has 6 heteroatoms. The molecule has 0 aromatic heterocycles. The van der Waals surface area contributed by atoms with Crippen molar-refractivity contribution in [1.29, 1.82) is 0 Å². The Morgan fingerprint density at radius 3 is 2.48 bits per heavy atom. The molecule has 2 rings (SSSR count). The van der Waals surface area contributed by atoms with Crippen LogP contribution in [0.25, 0.3) is 0 Å². The standard InChI is InChI=1S/C19H31N5.HI/c1-3-11-21-19(20-2)22-12-7-8-13-23-14-16-24(17-15-23)18-9-5-4-6-10-18;/h3-6,9-10H,1,7-8,11-17H2,2H3,(H2,20,21,22);1H. The highest BCUT2D eigenvalue weighted by atomic mass is 127. The molecule has 5 nitrogen and oxygen atoms in total. The summed E-state index contributed by atoms with van der Waals surface area (Å²) in [5.74, 6) is 0.853. The first kappa shape index (κ1) is 21.8. The van der Waals surface area contributed by atoms with E-state index in [0.717, 1.165) is 51.6 Å². The van der Waals surface area contributed by atoms with Gasteiger partial charge in [0.1, 0.15) is 0 Å². The van der Waals surface area contributed by atoms with Gasteiger partial charge in [-0.25, -0.2) is 0 Å². The molecule has 1 aliphatic heterocycles. The lowest BCUT2D eigenvalue weighted by Crippen LogP contribution is -2.46. The fraction of sp³-hybridized carbons (Fsp3) is 0.526. The van der Waals surface area contributed by atoms with Gasteiger partial charge in [-0.15, -0.1) is 30.6 Å². The first-order chi connectivity index (χ1) is 11.8. The van der Waals surface area contributed by atoms with Crippen LogP contribution in [0.4, 0.5) is 5.69 Å². The number of anilines is 1. The number of nitrogens with one attached hydrogen (secondary N) is 2. The summed E-state index contributed by atoms with van der Waals surface area (Å²) >= 11 is 0. The van der Waals surface area contributed by atoms with Crippen LogP contribution in [0.3, 0.4) is 0 Å². The Morgan fingerprint density at radius 2 is 1.84 bits per heavy atom. The predicted molar refractivity (Wildman–Crippen MR) is 119 cm³/mol. The fourth-order valence-electron chi connectivity index (χ4n) is 2.93. The van der Waals surface area contributed by atoms with Gasteiger partial charge in [0.05, 0.1) is 0 Å². The molecule has 0 atom stereocenters. The van der Waals surface area contributed by atoms with Crippen molar-refractivity contribution >= 4 is 35.6 Å². The molecule has 2 N–H and O–H groups in total. The lowest BCUT2D eigenvalue weighted by molar-refractivity contribution is 0.253. The van der Waals surface area contributed by atoms with Crippen molar-refractivity contribution in [3.63, 3.8) is 0 Å². The molecule has 0 saturated carbocycles. The summed E-state index contributed by atoms with van der Waals surface area (Å²) in [4.78, 5) is 9.23. The van der Waals surface area contributed by atoms with E-state index >= 15 is 0 Å². The zero-order valence-electron chi connectivity index (χ0n) is 15.3. The third-order valence-corrected chi connectivity index (χ3v) is 4.32. The van der Waals surface area contributed by atoms with Gasteiger partial charge in [0.2, 0.25) is 0 Å². The minimum Gasteiger partial charge on any atom is -0.369 e. The molecular formula is C19H32IN5. The summed E-state index contributed by atoms with van der Waals surface area (Å²) in [5, 5.41) is 6.52. The number of guanidine groups is 1. The lowest BCUT2D eigenvalue weighted by atomic mass is 10.2. The third-order valence-electron chi connectivity index (χ3n) is 4.32. The van der Waals surface area contributed by atoms with Gasteiger partial charge in [-0.05, 0) is 31.5 Å². The van der Waals surface area contributed by atoms with Crippen molar-refractivity contribution in [2.24, 2.45) is 4.99 Å². The van der Waals surface area contributed by atoms with E-state index in [9.17, 15) is 0 Å². The number of benzene rings is 1. The summed E-state index contributed by atoms with van der Waals surface area (Å²) < 4.78 is 0. The van der Waals surface area contributed by atoms with Crippen LogP contribution in [0, 0.1) is 0 Å². The SMILES string of the molecule is C=CCNC(=NC)NCCCCN1CCN(c2ccccc2)CC1.I. The van der Waals surface area contributed by atoms with Crippen molar-refractivity contribution in [3.8, 4) is 0 Å². The molecule has 0 spiro atoms. The monoisotopic (exact) mass is 457 g/mol. The molecule has 1 aliphatic rings. The predicted octanol–water partition coefficient (Wildman–Crippen LogP) is 2.56. The molecule has 140 valence electrons. The van der Waals surface area contributed by atoms with Gasteiger partial charge in [-0.1, -0.05) is 24.3 Å². The minimum atomic E-state index is 0. The van der Waals surface area contributed by atoms with Gasteiger partial charge in [0.25, 0.3) is 0 Å². The molecule has 1 aromatic rings. The quantitative estimate of drug-likeness (QED) is 0.207. The Hall–Kier alpha value is -1.28. The lowest BCUT2D eigenvalue weighted by Gasteiger charge is -2.36. The molecule has 25 heavy (non-hydrogen) atoms. The molecule has 0 radical (unpaired) electrons. The zero-order valence-corrected chi connectivity index (χ0v) is 17.6. The topological polar surface area (TPSA) is 42.9 Å². The van der Waals surface area contributed by atoms with Crippen LogP contribution in [0.2, 0.25) is 0 Å². The molecule has 0 bridgehead atoms. The Morgan fingerprint density at radius 1 is 1.12 bits per heavy atom. The van der Waals surface area contributed by atoms with E-state index in [0.29, 0.717) is 0 Å². The van der Waals surface area contributed by atoms with Gasteiger partial charge < -0.3 is 15.5 Å². The minimum absolute atomic E-state index is 0. The highest BCUT2D eigenvalue weighted by molar-refractivity contribution is 14.0. The normalized spacial score (nSPS) is 15.4. The molecule has 0 unspecified atom stereocenters. The Kier molecular flexibility index (Phi) is 11.3. The van der Waals surface area contributed by atoms with Crippen LogP contribution in [-0.4, -0.2) is 63.7 Å². The molecule has 1 saturated heterocycles. The van der Waals surface area contributed by atoms with Crippen molar-refractivity contribution < 1.29 is 0 Å². The Balaban J connectivity index is 0.00000312. The molecule has 1 heterocycles.